The maximum atomic E-state index is 11.0. The summed E-state index contributed by atoms with van der Waals surface area (Å²) in [5, 5.41) is 8.40. The fraction of sp³-hybridized carbons (Fsp3) is 0.500. The zero-order chi connectivity index (χ0) is 13.2. The Bertz CT molecular complexity index is 592. The van der Waals surface area contributed by atoms with Crippen molar-refractivity contribution >= 4 is 11.9 Å². The Morgan fingerprint density at radius 1 is 1.42 bits per heavy atom. The van der Waals surface area contributed by atoms with Gasteiger partial charge in [-0.3, -0.25) is 9.20 Å². The molecule has 1 fully saturated rings. The molecular formula is C14H18N4O. The molecule has 2 aromatic rings. The first kappa shape index (κ1) is 12.3. The van der Waals surface area contributed by atoms with Crippen LogP contribution in [0, 0.1) is 0 Å². The summed E-state index contributed by atoms with van der Waals surface area (Å²) in [6.45, 7) is 1.15. The maximum Gasteiger partial charge on any atom is 0.171 e. The molecular weight excluding hydrogens is 240 g/mol. The van der Waals surface area contributed by atoms with Crippen LogP contribution in [-0.2, 0) is 6.42 Å². The Morgan fingerprint density at radius 3 is 3.11 bits per heavy atom. The number of nitrogens with zero attached hydrogens (tertiary/aromatic N) is 4. The average molecular weight is 258 g/mol. The van der Waals surface area contributed by atoms with Crippen LogP contribution in [-0.4, -0.2) is 45.4 Å². The third kappa shape index (κ3) is 2.26. The van der Waals surface area contributed by atoms with Crippen molar-refractivity contribution in [2.24, 2.45) is 0 Å². The maximum absolute atomic E-state index is 11.0. The zero-order valence-electron chi connectivity index (χ0n) is 11.1. The molecule has 3 heterocycles. The molecule has 0 radical (unpaired) electrons. The van der Waals surface area contributed by atoms with Crippen molar-refractivity contribution in [3.63, 3.8) is 0 Å². The van der Waals surface area contributed by atoms with E-state index in [1.165, 1.54) is 19.3 Å². The lowest BCUT2D eigenvalue weighted by Gasteiger charge is -2.31. The third-order valence-corrected chi connectivity index (χ3v) is 4.00. The third-order valence-electron chi connectivity index (χ3n) is 4.00. The van der Waals surface area contributed by atoms with E-state index in [9.17, 15) is 4.79 Å². The van der Waals surface area contributed by atoms with Crippen molar-refractivity contribution in [2.45, 2.75) is 31.7 Å². The Hall–Kier alpha value is -1.75. The van der Waals surface area contributed by atoms with E-state index >= 15 is 0 Å². The smallest absolute Gasteiger partial charge is 0.171 e. The second-order valence-corrected chi connectivity index (χ2v) is 5.23. The molecule has 1 aliphatic rings. The minimum Gasteiger partial charge on any atom is -0.303 e. The van der Waals surface area contributed by atoms with Crippen molar-refractivity contribution in [3.05, 3.63) is 29.7 Å². The highest BCUT2D eigenvalue weighted by Gasteiger charge is 2.21. The Morgan fingerprint density at radius 2 is 2.32 bits per heavy atom. The van der Waals surface area contributed by atoms with Gasteiger partial charge in [-0.25, -0.2) is 0 Å². The van der Waals surface area contributed by atoms with Crippen LogP contribution in [0.3, 0.4) is 0 Å². The monoisotopic (exact) mass is 258 g/mol. The first-order chi connectivity index (χ1) is 9.29. The summed E-state index contributed by atoms with van der Waals surface area (Å²) in [5.41, 5.74) is 1.25. The van der Waals surface area contributed by atoms with E-state index in [-0.39, 0.29) is 0 Å². The van der Waals surface area contributed by atoms with Crippen LogP contribution in [0.1, 0.15) is 35.4 Å². The van der Waals surface area contributed by atoms with E-state index in [4.69, 9.17) is 0 Å². The van der Waals surface area contributed by atoms with E-state index in [1.807, 2.05) is 16.7 Å². The number of piperidine rings is 1. The molecule has 3 rings (SSSR count). The molecule has 0 saturated carbocycles. The highest BCUT2D eigenvalue weighted by Crippen LogP contribution is 2.19. The van der Waals surface area contributed by atoms with Gasteiger partial charge in [0.15, 0.2) is 11.9 Å². The van der Waals surface area contributed by atoms with Gasteiger partial charge in [-0.15, -0.1) is 10.2 Å². The van der Waals surface area contributed by atoms with Gasteiger partial charge in [0.1, 0.15) is 5.82 Å². The molecule has 0 aromatic carbocycles. The minimum absolute atomic E-state index is 0.529. The lowest BCUT2D eigenvalue weighted by molar-refractivity contribution is 0.112. The molecule has 0 aliphatic carbocycles. The van der Waals surface area contributed by atoms with Gasteiger partial charge in [0.05, 0.1) is 5.56 Å². The number of hydrogen-bond acceptors (Lipinski definition) is 4. The van der Waals surface area contributed by atoms with Crippen molar-refractivity contribution < 1.29 is 4.79 Å². The average Bonchev–Trinajstić information content (AvgIpc) is 2.84. The number of pyridine rings is 1. The predicted octanol–water partition coefficient (Wildman–Crippen LogP) is 1.57. The number of fused-ring (bicyclic) bond motifs is 1. The van der Waals surface area contributed by atoms with Crippen molar-refractivity contribution in [1.29, 1.82) is 0 Å². The second kappa shape index (κ2) is 5.09. The topological polar surface area (TPSA) is 50.5 Å². The van der Waals surface area contributed by atoms with Gasteiger partial charge in [0.25, 0.3) is 0 Å². The van der Waals surface area contributed by atoms with E-state index in [2.05, 4.69) is 22.1 Å². The van der Waals surface area contributed by atoms with Crippen LogP contribution in [0.5, 0.6) is 0 Å². The first-order valence-corrected chi connectivity index (χ1v) is 6.77. The largest absolute Gasteiger partial charge is 0.303 e. The van der Waals surface area contributed by atoms with E-state index < -0.39 is 0 Å². The molecule has 100 valence electrons. The molecule has 0 spiro atoms. The summed E-state index contributed by atoms with van der Waals surface area (Å²) >= 11 is 0. The number of aromatic nitrogens is 3. The zero-order valence-corrected chi connectivity index (χ0v) is 11.1. The van der Waals surface area contributed by atoms with Crippen LogP contribution in [0.4, 0.5) is 0 Å². The number of likely N-dealkylation sites (N-methyl/N-ethyl adjacent to an activating group) is 1. The summed E-state index contributed by atoms with van der Waals surface area (Å²) in [5.74, 6) is 0.942. The van der Waals surface area contributed by atoms with E-state index in [0.29, 0.717) is 17.3 Å². The normalized spacial score (nSPS) is 20.8. The number of hydrogen-bond donors (Lipinski definition) is 0. The fourth-order valence-corrected chi connectivity index (χ4v) is 2.83. The molecule has 2 aromatic heterocycles. The summed E-state index contributed by atoms with van der Waals surface area (Å²) < 4.78 is 1.94. The molecule has 1 unspecified atom stereocenters. The summed E-state index contributed by atoms with van der Waals surface area (Å²) in [6, 6.07) is 4.17. The molecule has 0 N–H and O–H groups in total. The SMILES string of the molecule is CN1CCCCC1Cc1nnc2c(C=O)cccn12. The van der Waals surface area contributed by atoms with Crippen LogP contribution in [0.25, 0.3) is 5.65 Å². The number of aldehydes is 1. The molecule has 0 amide bonds. The predicted molar refractivity (Wildman–Crippen MR) is 72.3 cm³/mol. The van der Waals surface area contributed by atoms with Crippen LogP contribution in [0.15, 0.2) is 18.3 Å². The summed E-state index contributed by atoms with van der Waals surface area (Å²) in [7, 11) is 2.17. The summed E-state index contributed by atoms with van der Waals surface area (Å²) in [4.78, 5) is 13.4. The number of rotatable bonds is 3. The molecule has 1 atom stereocenters. The van der Waals surface area contributed by atoms with Crippen molar-refractivity contribution in [1.82, 2.24) is 19.5 Å². The standard InChI is InChI=1S/C14H18N4O/c1-17-7-3-2-6-12(17)9-13-15-16-14-11(10-19)5-4-8-18(13)14/h4-5,8,10,12H,2-3,6-7,9H2,1H3. The van der Waals surface area contributed by atoms with Gasteiger partial charge < -0.3 is 4.90 Å². The molecule has 19 heavy (non-hydrogen) atoms. The summed E-state index contributed by atoms with van der Waals surface area (Å²) in [6.07, 6.45) is 7.42. The molecule has 0 bridgehead atoms. The second-order valence-electron chi connectivity index (χ2n) is 5.23. The van der Waals surface area contributed by atoms with Gasteiger partial charge in [0, 0.05) is 18.7 Å². The molecule has 1 saturated heterocycles. The van der Waals surface area contributed by atoms with Crippen LogP contribution < -0.4 is 0 Å². The molecule has 1 aliphatic heterocycles. The Kier molecular flexibility index (Phi) is 3.29. The van der Waals surface area contributed by atoms with Crippen LogP contribution >= 0.6 is 0 Å². The van der Waals surface area contributed by atoms with Gasteiger partial charge in [-0.2, -0.15) is 0 Å². The number of carbonyl (C=O) groups excluding carboxylic acids is 1. The quantitative estimate of drug-likeness (QED) is 0.784. The number of likely N-dealkylation sites (tertiary alicyclic amines) is 1. The van der Waals surface area contributed by atoms with Gasteiger partial charge in [0.2, 0.25) is 0 Å². The molecule has 5 nitrogen and oxygen atoms in total. The molecule has 5 heteroatoms. The first-order valence-electron chi connectivity index (χ1n) is 6.77. The van der Waals surface area contributed by atoms with Gasteiger partial charge in [-0.05, 0) is 38.6 Å². The van der Waals surface area contributed by atoms with Gasteiger partial charge in [-0.1, -0.05) is 6.42 Å². The highest BCUT2D eigenvalue weighted by atomic mass is 16.1. The Balaban J connectivity index is 1.91. The minimum atomic E-state index is 0.529. The van der Waals surface area contributed by atoms with E-state index in [0.717, 1.165) is 25.1 Å². The van der Waals surface area contributed by atoms with E-state index in [1.54, 1.807) is 6.07 Å². The van der Waals surface area contributed by atoms with Crippen molar-refractivity contribution in [2.75, 3.05) is 13.6 Å². The lowest BCUT2D eigenvalue weighted by Crippen LogP contribution is -2.38. The van der Waals surface area contributed by atoms with Gasteiger partial charge >= 0.3 is 0 Å². The van der Waals surface area contributed by atoms with Crippen LogP contribution in [0.2, 0.25) is 0 Å². The Labute approximate surface area is 112 Å². The highest BCUT2D eigenvalue weighted by molar-refractivity contribution is 5.83. The number of carbonyl (C=O) groups is 1. The lowest BCUT2D eigenvalue weighted by atomic mass is 10.00. The van der Waals surface area contributed by atoms with Crippen molar-refractivity contribution in [3.8, 4) is 0 Å². The fourth-order valence-electron chi connectivity index (χ4n) is 2.83.